The first-order valence-corrected chi connectivity index (χ1v) is 7.97. The molecule has 0 aromatic heterocycles. The number of nitrogens with zero attached hydrogens (tertiary/aromatic N) is 2. The van der Waals surface area contributed by atoms with Crippen molar-refractivity contribution >= 4 is 12.0 Å². The topological polar surface area (TPSA) is 72.9 Å². The number of urea groups is 1. The van der Waals surface area contributed by atoms with Crippen LogP contribution in [0, 0.1) is 0 Å². The van der Waals surface area contributed by atoms with Crippen molar-refractivity contribution in [1.82, 2.24) is 15.1 Å². The van der Waals surface area contributed by atoms with Crippen LogP contribution >= 0.6 is 0 Å². The first-order chi connectivity index (χ1) is 9.97. The second-order valence-electron chi connectivity index (χ2n) is 5.83. The van der Waals surface area contributed by atoms with Crippen molar-refractivity contribution in [3.63, 3.8) is 0 Å². The smallest absolute Gasteiger partial charge is 0.320 e. The largest absolute Gasteiger partial charge is 0.481 e. The molecular formula is C15H29N3O3. The number of carboxylic acids is 1. The second kappa shape index (κ2) is 8.87. The molecule has 6 nitrogen and oxygen atoms in total. The molecule has 1 fully saturated rings. The standard InChI is InChI=1S/C15H29N3O3/c1-4-17(13-7-9-16-10-8-13)15(21)18(12(2)3)11-5-6-14(19)20/h12-13,16H,4-11H2,1-3H3,(H,19,20). The van der Waals surface area contributed by atoms with E-state index in [1.54, 1.807) is 4.90 Å². The van der Waals surface area contributed by atoms with Crippen LogP contribution in [-0.4, -0.2) is 65.2 Å². The molecule has 0 bridgehead atoms. The quantitative estimate of drug-likeness (QED) is 0.751. The third kappa shape index (κ3) is 5.53. The Morgan fingerprint density at radius 1 is 1.29 bits per heavy atom. The Hall–Kier alpha value is -1.30. The maximum Gasteiger partial charge on any atom is 0.320 e. The van der Waals surface area contributed by atoms with Gasteiger partial charge in [-0.2, -0.15) is 0 Å². The zero-order chi connectivity index (χ0) is 15.8. The third-order valence-corrected chi connectivity index (χ3v) is 3.99. The normalized spacial score (nSPS) is 16.0. The molecule has 2 amide bonds. The molecule has 0 radical (unpaired) electrons. The highest BCUT2D eigenvalue weighted by Crippen LogP contribution is 2.16. The average molecular weight is 299 g/mol. The van der Waals surface area contributed by atoms with Gasteiger partial charge in [-0.15, -0.1) is 0 Å². The van der Waals surface area contributed by atoms with Crippen molar-refractivity contribution in [3.8, 4) is 0 Å². The van der Waals surface area contributed by atoms with Crippen molar-refractivity contribution < 1.29 is 14.7 Å². The van der Waals surface area contributed by atoms with Gasteiger partial charge in [0, 0.05) is 31.6 Å². The first kappa shape index (κ1) is 17.8. The number of piperidine rings is 1. The molecule has 2 N–H and O–H groups in total. The van der Waals surface area contributed by atoms with Crippen LogP contribution in [0.25, 0.3) is 0 Å². The summed E-state index contributed by atoms with van der Waals surface area (Å²) in [6.07, 6.45) is 2.58. The van der Waals surface area contributed by atoms with Gasteiger partial charge in [0.15, 0.2) is 0 Å². The van der Waals surface area contributed by atoms with E-state index in [2.05, 4.69) is 5.32 Å². The number of rotatable bonds is 7. The number of carbonyl (C=O) groups is 2. The molecule has 0 atom stereocenters. The van der Waals surface area contributed by atoms with Gasteiger partial charge in [-0.25, -0.2) is 4.79 Å². The lowest BCUT2D eigenvalue weighted by molar-refractivity contribution is -0.137. The summed E-state index contributed by atoms with van der Waals surface area (Å²) >= 11 is 0. The van der Waals surface area contributed by atoms with Crippen LogP contribution in [0.4, 0.5) is 4.79 Å². The van der Waals surface area contributed by atoms with Crippen molar-refractivity contribution in [2.75, 3.05) is 26.2 Å². The van der Waals surface area contributed by atoms with Crippen molar-refractivity contribution in [3.05, 3.63) is 0 Å². The molecule has 0 aromatic carbocycles. The summed E-state index contributed by atoms with van der Waals surface area (Å²) < 4.78 is 0. The van der Waals surface area contributed by atoms with E-state index in [4.69, 9.17) is 5.11 Å². The molecule has 122 valence electrons. The lowest BCUT2D eigenvalue weighted by atomic mass is 10.1. The molecule has 6 heteroatoms. The van der Waals surface area contributed by atoms with Crippen LogP contribution in [0.3, 0.4) is 0 Å². The van der Waals surface area contributed by atoms with Gasteiger partial charge in [-0.1, -0.05) is 0 Å². The molecule has 1 aliphatic rings. The highest BCUT2D eigenvalue weighted by Gasteiger charge is 2.28. The van der Waals surface area contributed by atoms with Crippen LogP contribution < -0.4 is 5.32 Å². The second-order valence-corrected chi connectivity index (χ2v) is 5.83. The van der Waals surface area contributed by atoms with Crippen LogP contribution in [0.1, 0.15) is 46.5 Å². The summed E-state index contributed by atoms with van der Waals surface area (Å²) in [6.45, 7) is 9.08. The first-order valence-electron chi connectivity index (χ1n) is 7.97. The SMILES string of the molecule is CCN(C(=O)N(CCCC(=O)O)C(C)C)C1CCNCC1. The van der Waals surface area contributed by atoms with Crippen LogP contribution in [0.2, 0.25) is 0 Å². The predicted molar refractivity (Wildman–Crippen MR) is 82.4 cm³/mol. The van der Waals surface area contributed by atoms with E-state index in [0.29, 0.717) is 25.6 Å². The van der Waals surface area contributed by atoms with E-state index in [-0.39, 0.29) is 18.5 Å². The molecule has 0 aliphatic carbocycles. The molecule has 1 rings (SSSR count). The fourth-order valence-corrected chi connectivity index (χ4v) is 2.81. The van der Waals surface area contributed by atoms with Crippen molar-refractivity contribution in [1.29, 1.82) is 0 Å². The average Bonchev–Trinajstić information content (AvgIpc) is 2.44. The zero-order valence-electron chi connectivity index (χ0n) is 13.5. The fourth-order valence-electron chi connectivity index (χ4n) is 2.81. The minimum Gasteiger partial charge on any atom is -0.481 e. The van der Waals surface area contributed by atoms with Gasteiger partial charge in [0.1, 0.15) is 0 Å². The van der Waals surface area contributed by atoms with Crippen LogP contribution in [0.15, 0.2) is 0 Å². The highest BCUT2D eigenvalue weighted by molar-refractivity contribution is 5.75. The van der Waals surface area contributed by atoms with Gasteiger partial charge >= 0.3 is 12.0 Å². The monoisotopic (exact) mass is 299 g/mol. The van der Waals surface area contributed by atoms with Gasteiger partial charge in [0.05, 0.1) is 0 Å². The summed E-state index contributed by atoms with van der Waals surface area (Å²) in [4.78, 5) is 27.2. The Bertz CT molecular complexity index is 341. The van der Waals surface area contributed by atoms with Gasteiger partial charge in [-0.3, -0.25) is 4.79 Å². The Labute approximate surface area is 127 Å². The number of carbonyl (C=O) groups excluding carboxylic acids is 1. The minimum absolute atomic E-state index is 0.0461. The number of aliphatic carboxylic acids is 1. The Morgan fingerprint density at radius 2 is 1.90 bits per heavy atom. The maximum atomic E-state index is 12.8. The van der Waals surface area contributed by atoms with E-state index in [0.717, 1.165) is 25.9 Å². The predicted octanol–water partition coefficient (Wildman–Crippen LogP) is 1.76. The zero-order valence-corrected chi connectivity index (χ0v) is 13.5. The summed E-state index contributed by atoms with van der Waals surface area (Å²) in [6, 6.07) is 0.427. The van der Waals surface area contributed by atoms with Gasteiger partial charge in [0.25, 0.3) is 0 Å². The van der Waals surface area contributed by atoms with Crippen molar-refractivity contribution in [2.24, 2.45) is 0 Å². The van der Waals surface area contributed by atoms with E-state index in [9.17, 15) is 9.59 Å². The highest BCUT2D eigenvalue weighted by atomic mass is 16.4. The molecule has 1 aliphatic heterocycles. The molecule has 0 spiro atoms. The van der Waals surface area contributed by atoms with Crippen LogP contribution in [0.5, 0.6) is 0 Å². The lowest BCUT2D eigenvalue weighted by Crippen LogP contribution is -2.53. The molecule has 0 unspecified atom stereocenters. The molecule has 21 heavy (non-hydrogen) atoms. The number of carboxylic acid groups (broad SMARTS) is 1. The number of amides is 2. The Morgan fingerprint density at radius 3 is 2.38 bits per heavy atom. The number of hydrogen-bond donors (Lipinski definition) is 2. The molecular weight excluding hydrogens is 270 g/mol. The summed E-state index contributed by atoms with van der Waals surface area (Å²) in [7, 11) is 0. The molecule has 1 saturated heterocycles. The molecule has 1 heterocycles. The molecule has 0 aromatic rings. The molecule has 0 saturated carbocycles. The van der Waals surface area contributed by atoms with E-state index in [1.807, 2.05) is 25.7 Å². The van der Waals surface area contributed by atoms with E-state index >= 15 is 0 Å². The van der Waals surface area contributed by atoms with Crippen molar-refractivity contribution in [2.45, 2.75) is 58.5 Å². The van der Waals surface area contributed by atoms with Gasteiger partial charge in [-0.05, 0) is 53.1 Å². The fraction of sp³-hybridized carbons (Fsp3) is 0.867. The Balaban J connectivity index is 2.65. The summed E-state index contributed by atoms with van der Waals surface area (Å²) in [5.74, 6) is -0.808. The Kier molecular flexibility index (Phi) is 7.50. The van der Waals surface area contributed by atoms with Crippen LogP contribution in [-0.2, 0) is 4.79 Å². The number of hydrogen-bond acceptors (Lipinski definition) is 3. The summed E-state index contributed by atoms with van der Waals surface area (Å²) in [5.41, 5.74) is 0. The third-order valence-electron chi connectivity index (χ3n) is 3.99. The van der Waals surface area contributed by atoms with Gasteiger partial charge in [0.2, 0.25) is 0 Å². The van der Waals surface area contributed by atoms with Gasteiger partial charge < -0.3 is 20.2 Å². The van der Waals surface area contributed by atoms with E-state index in [1.165, 1.54) is 0 Å². The minimum atomic E-state index is -0.808. The summed E-state index contributed by atoms with van der Waals surface area (Å²) in [5, 5.41) is 12.1. The lowest BCUT2D eigenvalue weighted by Gasteiger charge is -2.39. The maximum absolute atomic E-state index is 12.8. The van der Waals surface area contributed by atoms with E-state index < -0.39 is 5.97 Å². The number of nitrogens with one attached hydrogen (secondary N) is 1.